The van der Waals surface area contributed by atoms with E-state index in [2.05, 4.69) is 20.7 Å². The maximum absolute atomic E-state index is 12.0. The first-order valence-electron chi connectivity index (χ1n) is 7.25. The maximum Gasteiger partial charge on any atom is 0.320 e. The molecule has 0 atom stereocenters. The summed E-state index contributed by atoms with van der Waals surface area (Å²) in [6, 6.07) is 15.2. The molecular weight excluding hydrogens is 290 g/mol. The predicted octanol–water partition coefficient (Wildman–Crippen LogP) is 2.80. The molecule has 2 N–H and O–H groups in total. The van der Waals surface area contributed by atoms with E-state index in [0.717, 1.165) is 16.8 Å². The van der Waals surface area contributed by atoms with Gasteiger partial charge in [-0.1, -0.05) is 30.3 Å². The van der Waals surface area contributed by atoms with Gasteiger partial charge >= 0.3 is 6.03 Å². The van der Waals surface area contributed by atoms with Crippen LogP contribution < -0.4 is 10.6 Å². The summed E-state index contributed by atoms with van der Waals surface area (Å²) in [7, 11) is 1.85. The van der Waals surface area contributed by atoms with Gasteiger partial charge in [0.2, 0.25) is 0 Å². The highest BCUT2D eigenvalue weighted by Crippen LogP contribution is 2.21. The molecule has 2 amide bonds. The van der Waals surface area contributed by atoms with Crippen LogP contribution in [0.2, 0.25) is 0 Å². The van der Waals surface area contributed by atoms with E-state index in [4.69, 9.17) is 0 Å². The molecule has 0 saturated heterocycles. The standard InChI is InChI=1S/C17H17N5O/c1-22-15(14-5-3-2-4-6-14)11-16(21-22)20-17(23)19-12-13-7-9-18-10-8-13/h2-11H,12H2,1H3,(H2,19,20,21,23). The molecule has 1 aromatic carbocycles. The number of rotatable bonds is 4. The molecule has 0 saturated carbocycles. The Kier molecular flexibility index (Phi) is 4.33. The average Bonchev–Trinajstić information content (AvgIpc) is 2.95. The Morgan fingerprint density at radius 1 is 1.13 bits per heavy atom. The van der Waals surface area contributed by atoms with Gasteiger partial charge in [-0.3, -0.25) is 15.0 Å². The van der Waals surface area contributed by atoms with Crippen molar-refractivity contribution >= 4 is 11.8 Å². The Morgan fingerprint density at radius 2 is 1.87 bits per heavy atom. The Balaban J connectivity index is 1.63. The molecule has 0 aliphatic rings. The van der Waals surface area contributed by atoms with Crippen molar-refractivity contribution in [2.24, 2.45) is 7.05 Å². The Labute approximate surface area is 134 Å². The molecule has 2 heterocycles. The van der Waals surface area contributed by atoms with Crippen molar-refractivity contribution in [3.05, 3.63) is 66.5 Å². The summed E-state index contributed by atoms with van der Waals surface area (Å²) in [5.74, 6) is 0.513. The van der Waals surface area contributed by atoms with Crippen LogP contribution in [-0.2, 0) is 13.6 Å². The van der Waals surface area contributed by atoms with E-state index in [-0.39, 0.29) is 6.03 Å². The largest absolute Gasteiger partial charge is 0.334 e. The quantitative estimate of drug-likeness (QED) is 0.778. The van der Waals surface area contributed by atoms with Gasteiger partial charge < -0.3 is 5.32 Å². The highest BCUT2D eigenvalue weighted by molar-refractivity contribution is 5.88. The fourth-order valence-electron chi connectivity index (χ4n) is 2.25. The Bertz CT molecular complexity index is 783. The smallest absolute Gasteiger partial charge is 0.320 e. The molecule has 0 unspecified atom stereocenters. The lowest BCUT2D eigenvalue weighted by Gasteiger charge is -2.05. The van der Waals surface area contributed by atoms with Gasteiger partial charge in [-0.25, -0.2) is 4.79 Å². The van der Waals surface area contributed by atoms with Crippen LogP contribution in [0.1, 0.15) is 5.56 Å². The number of benzene rings is 1. The van der Waals surface area contributed by atoms with Gasteiger partial charge in [0.25, 0.3) is 0 Å². The minimum absolute atomic E-state index is 0.292. The van der Waals surface area contributed by atoms with Crippen molar-refractivity contribution in [2.45, 2.75) is 6.54 Å². The van der Waals surface area contributed by atoms with E-state index in [1.807, 2.05) is 55.6 Å². The minimum atomic E-state index is -0.292. The molecule has 6 heteroatoms. The van der Waals surface area contributed by atoms with Crippen LogP contribution in [0.5, 0.6) is 0 Å². The second-order valence-corrected chi connectivity index (χ2v) is 5.07. The third-order valence-corrected chi connectivity index (χ3v) is 3.39. The molecular formula is C17H17N5O. The lowest BCUT2D eigenvalue weighted by molar-refractivity contribution is 0.251. The van der Waals surface area contributed by atoms with Crippen molar-refractivity contribution in [1.29, 1.82) is 0 Å². The average molecular weight is 307 g/mol. The molecule has 2 aromatic heterocycles. The number of pyridine rings is 1. The fraction of sp³-hybridized carbons (Fsp3) is 0.118. The van der Waals surface area contributed by atoms with Gasteiger partial charge in [0.15, 0.2) is 5.82 Å². The molecule has 0 bridgehead atoms. The summed E-state index contributed by atoms with van der Waals surface area (Å²) < 4.78 is 1.74. The van der Waals surface area contributed by atoms with Crippen LogP contribution in [0.4, 0.5) is 10.6 Å². The Morgan fingerprint density at radius 3 is 2.61 bits per heavy atom. The van der Waals surface area contributed by atoms with Gasteiger partial charge in [-0.05, 0) is 23.3 Å². The zero-order chi connectivity index (χ0) is 16.1. The number of amides is 2. The zero-order valence-corrected chi connectivity index (χ0v) is 12.7. The normalized spacial score (nSPS) is 10.3. The second-order valence-electron chi connectivity index (χ2n) is 5.07. The molecule has 0 aliphatic heterocycles. The third kappa shape index (κ3) is 3.74. The molecule has 0 aliphatic carbocycles. The monoisotopic (exact) mass is 307 g/mol. The molecule has 0 radical (unpaired) electrons. The summed E-state index contributed by atoms with van der Waals surface area (Å²) in [5.41, 5.74) is 2.98. The number of anilines is 1. The number of hydrogen-bond donors (Lipinski definition) is 2. The van der Waals surface area contributed by atoms with Gasteiger partial charge in [0.1, 0.15) is 0 Å². The first-order valence-corrected chi connectivity index (χ1v) is 7.25. The van der Waals surface area contributed by atoms with Crippen molar-refractivity contribution in [3.8, 4) is 11.3 Å². The predicted molar refractivity (Wildman–Crippen MR) is 88.7 cm³/mol. The van der Waals surface area contributed by atoms with E-state index in [0.29, 0.717) is 12.4 Å². The highest BCUT2D eigenvalue weighted by Gasteiger charge is 2.09. The number of hydrogen-bond acceptors (Lipinski definition) is 3. The SMILES string of the molecule is Cn1nc(NC(=O)NCc2ccncc2)cc1-c1ccccc1. The lowest BCUT2D eigenvalue weighted by atomic mass is 10.1. The molecule has 23 heavy (non-hydrogen) atoms. The maximum atomic E-state index is 12.0. The van der Waals surface area contributed by atoms with Gasteiger partial charge in [-0.2, -0.15) is 5.10 Å². The first-order chi connectivity index (χ1) is 11.2. The molecule has 0 spiro atoms. The van der Waals surface area contributed by atoms with E-state index in [9.17, 15) is 4.79 Å². The topological polar surface area (TPSA) is 71.8 Å². The van der Waals surface area contributed by atoms with E-state index >= 15 is 0 Å². The summed E-state index contributed by atoms with van der Waals surface area (Å²) in [6.45, 7) is 0.437. The molecule has 0 fully saturated rings. The van der Waals surface area contributed by atoms with Crippen molar-refractivity contribution in [2.75, 3.05) is 5.32 Å². The summed E-state index contributed by atoms with van der Waals surface area (Å²) in [6.07, 6.45) is 3.39. The van der Waals surface area contributed by atoms with Gasteiger partial charge in [0, 0.05) is 32.1 Å². The third-order valence-electron chi connectivity index (χ3n) is 3.39. The van der Waals surface area contributed by atoms with Gasteiger partial charge in [0.05, 0.1) is 5.69 Å². The molecule has 3 aromatic rings. The first kappa shape index (κ1) is 14.8. The van der Waals surface area contributed by atoms with Crippen molar-refractivity contribution < 1.29 is 4.79 Å². The zero-order valence-electron chi connectivity index (χ0n) is 12.7. The molecule has 116 valence electrons. The number of urea groups is 1. The van der Waals surface area contributed by atoms with Crippen LogP contribution in [0.3, 0.4) is 0 Å². The van der Waals surface area contributed by atoms with E-state index in [1.54, 1.807) is 17.1 Å². The fourth-order valence-corrected chi connectivity index (χ4v) is 2.25. The summed E-state index contributed by atoms with van der Waals surface area (Å²) in [5, 5.41) is 9.85. The van der Waals surface area contributed by atoms with Crippen molar-refractivity contribution in [1.82, 2.24) is 20.1 Å². The van der Waals surface area contributed by atoms with Crippen LogP contribution in [0.25, 0.3) is 11.3 Å². The second kappa shape index (κ2) is 6.74. The van der Waals surface area contributed by atoms with Crippen molar-refractivity contribution in [3.63, 3.8) is 0 Å². The molecule has 6 nitrogen and oxygen atoms in total. The number of aryl methyl sites for hydroxylation is 1. The van der Waals surface area contributed by atoms with Crippen LogP contribution >= 0.6 is 0 Å². The summed E-state index contributed by atoms with van der Waals surface area (Å²) in [4.78, 5) is 15.9. The van der Waals surface area contributed by atoms with Crippen LogP contribution in [0, 0.1) is 0 Å². The van der Waals surface area contributed by atoms with Crippen LogP contribution in [-0.4, -0.2) is 20.8 Å². The van der Waals surface area contributed by atoms with Crippen LogP contribution in [0.15, 0.2) is 60.9 Å². The van der Waals surface area contributed by atoms with E-state index < -0.39 is 0 Å². The van der Waals surface area contributed by atoms with E-state index in [1.165, 1.54) is 0 Å². The summed E-state index contributed by atoms with van der Waals surface area (Å²) >= 11 is 0. The lowest BCUT2D eigenvalue weighted by Crippen LogP contribution is -2.28. The minimum Gasteiger partial charge on any atom is -0.334 e. The number of nitrogens with zero attached hydrogens (tertiary/aromatic N) is 3. The molecule has 3 rings (SSSR count). The number of nitrogens with one attached hydrogen (secondary N) is 2. The number of aromatic nitrogens is 3. The number of carbonyl (C=O) groups is 1. The highest BCUT2D eigenvalue weighted by atomic mass is 16.2. The Hall–Kier alpha value is -3.15. The number of carbonyl (C=O) groups excluding carboxylic acids is 1. The van der Waals surface area contributed by atoms with Gasteiger partial charge in [-0.15, -0.1) is 0 Å².